The first kappa shape index (κ1) is 25.4. The molecule has 0 aromatic heterocycles. The molecule has 0 saturated carbocycles. The number of carboxylic acids is 1. The van der Waals surface area contributed by atoms with E-state index in [1.807, 2.05) is 43.3 Å². The van der Waals surface area contributed by atoms with Crippen molar-refractivity contribution in [3.8, 4) is 28.4 Å². The van der Waals surface area contributed by atoms with Crippen molar-refractivity contribution < 1.29 is 38.0 Å². The molecule has 190 valence electrons. The molecule has 1 heterocycles. The number of hydrogen-bond acceptors (Lipinski definition) is 6. The normalized spacial score (nSPS) is 13.3. The zero-order valence-electron chi connectivity index (χ0n) is 19.7. The van der Waals surface area contributed by atoms with Crippen molar-refractivity contribution in [2.45, 2.75) is 32.6 Å². The second-order valence-electron chi connectivity index (χ2n) is 8.49. The van der Waals surface area contributed by atoms with Gasteiger partial charge in [-0.2, -0.15) is 0 Å². The van der Waals surface area contributed by atoms with Gasteiger partial charge >= 0.3 is 5.97 Å². The number of aliphatic hydroxyl groups excluding tert-OH is 1. The molecule has 0 spiro atoms. The minimum atomic E-state index is -1.14. The number of halogens is 2. The summed E-state index contributed by atoms with van der Waals surface area (Å²) in [6.45, 7) is 2.85. The van der Waals surface area contributed by atoms with Gasteiger partial charge in [-0.05, 0) is 47.4 Å². The summed E-state index contributed by atoms with van der Waals surface area (Å²) >= 11 is 0. The fraction of sp³-hybridized carbons (Fsp3) is 0.296. The van der Waals surface area contributed by atoms with Crippen molar-refractivity contribution in [2.75, 3.05) is 19.8 Å². The summed E-state index contributed by atoms with van der Waals surface area (Å²) in [5, 5.41) is 20.9. The molecule has 9 heteroatoms. The van der Waals surface area contributed by atoms with E-state index in [-0.39, 0.29) is 31.0 Å². The number of aliphatic carboxylic acids is 1. The van der Waals surface area contributed by atoms with Crippen molar-refractivity contribution >= 4 is 5.97 Å². The Bertz CT molecular complexity index is 1250. The van der Waals surface area contributed by atoms with Gasteiger partial charge < -0.3 is 29.7 Å². The summed E-state index contributed by atoms with van der Waals surface area (Å²) in [7, 11) is 0. The molecular weight excluding hydrogens is 472 g/mol. The fourth-order valence-corrected chi connectivity index (χ4v) is 3.98. The van der Waals surface area contributed by atoms with E-state index in [4.69, 9.17) is 19.3 Å². The maximum absolute atomic E-state index is 14.6. The van der Waals surface area contributed by atoms with E-state index >= 15 is 0 Å². The minimum absolute atomic E-state index is 0.0409. The number of nitrogens with one attached hydrogen (secondary N) is 1. The zero-order chi connectivity index (χ0) is 25.7. The van der Waals surface area contributed by atoms with E-state index in [1.165, 1.54) is 0 Å². The minimum Gasteiger partial charge on any atom is -0.486 e. The Labute approximate surface area is 207 Å². The van der Waals surface area contributed by atoms with E-state index < -0.39 is 30.1 Å². The summed E-state index contributed by atoms with van der Waals surface area (Å²) in [4.78, 5) is 10.6. The molecule has 36 heavy (non-hydrogen) atoms. The van der Waals surface area contributed by atoms with Crippen LogP contribution >= 0.6 is 0 Å². The number of hydrogen-bond donors (Lipinski definition) is 3. The Kier molecular flexibility index (Phi) is 8.02. The topological polar surface area (TPSA) is 97.2 Å². The van der Waals surface area contributed by atoms with Gasteiger partial charge in [0.15, 0.2) is 23.1 Å². The maximum Gasteiger partial charge on any atom is 0.306 e. The highest BCUT2D eigenvalue weighted by molar-refractivity contribution is 5.71. The number of carbonyl (C=O) groups is 1. The molecule has 1 unspecified atom stereocenters. The third-order valence-corrected chi connectivity index (χ3v) is 5.89. The van der Waals surface area contributed by atoms with Gasteiger partial charge in [-0.15, -0.1) is 0 Å². The Morgan fingerprint density at radius 2 is 1.83 bits per heavy atom. The highest BCUT2D eigenvalue weighted by atomic mass is 19.1. The summed E-state index contributed by atoms with van der Waals surface area (Å²) < 4.78 is 46.0. The second kappa shape index (κ2) is 11.4. The average Bonchev–Trinajstić information content (AvgIpc) is 2.85. The first-order chi connectivity index (χ1) is 17.3. The lowest BCUT2D eigenvalue weighted by atomic mass is 9.96. The fourth-order valence-electron chi connectivity index (χ4n) is 3.98. The number of rotatable bonds is 10. The highest BCUT2D eigenvalue weighted by Gasteiger charge is 2.16. The van der Waals surface area contributed by atoms with Crippen LogP contribution in [-0.2, 0) is 17.9 Å². The SMILES string of the molecule is Cc1c(COc2cc(F)c(CNCC(O)CC(=O)O)cc2F)cccc1-c1ccc2c(c1)OCCO2. The van der Waals surface area contributed by atoms with E-state index in [2.05, 4.69) is 5.32 Å². The van der Waals surface area contributed by atoms with Crippen LogP contribution in [0.3, 0.4) is 0 Å². The number of benzene rings is 3. The molecular formula is C27H27F2NO6. The van der Waals surface area contributed by atoms with Gasteiger partial charge in [0.25, 0.3) is 0 Å². The smallest absolute Gasteiger partial charge is 0.306 e. The number of carboxylic acid groups (broad SMARTS) is 1. The molecule has 0 bridgehead atoms. The van der Waals surface area contributed by atoms with Crippen molar-refractivity contribution in [1.29, 1.82) is 0 Å². The standard InChI is InChI=1S/C27H27F2NO6/c1-16-18(3-2-4-21(16)17-5-6-24-26(10-17)35-8-7-34-24)15-36-25-12-22(28)19(9-23(25)29)13-30-14-20(31)11-27(32)33/h2-6,9-10,12,20,30-31H,7-8,11,13-15H2,1H3,(H,32,33). The lowest BCUT2D eigenvalue weighted by Gasteiger charge is -2.20. The number of fused-ring (bicyclic) bond motifs is 1. The monoisotopic (exact) mass is 499 g/mol. The molecule has 1 aliphatic heterocycles. The van der Waals surface area contributed by atoms with Gasteiger partial charge in [0, 0.05) is 24.7 Å². The molecule has 1 atom stereocenters. The first-order valence-electron chi connectivity index (χ1n) is 11.5. The van der Waals surface area contributed by atoms with Gasteiger partial charge in [-0.3, -0.25) is 4.79 Å². The van der Waals surface area contributed by atoms with E-state index in [1.54, 1.807) is 0 Å². The Balaban J connectivity index is 1.42. The summed E-state index contributed by atoms with van der Waals surface area (Å²) in [5.41, 5.74) is 3.71. The molecule has 0 amide bonds. The number of aliphatic hydroxyl groups is 1. The predicted octanol–water partition coefficient (Wildman–Crippen LogP) is 4.22. The van der Waals surface area contributed by atoms with Gasteiger partial charge in [0.05, 0.1) is 12.5 Å². The van der Waals surface area contributed by atoms with Gasteiger partial charge in [-0.25, -0.2) is 8.78 Å². The Morgan fingerprint density at radius 3 is 2.61 bits per heavy atom. The molecule has 3 N–H and O–H groups in total. The summed E-state index contributed by atoms with van der Waals surface area (Å²) in [6.07, 6.45) is -1.56. The van der Waals surface area contributed by atoms with Crippen LogP contribution in [0.2, 0.25) is 0 Å². The second-order valence-corrected chi connectivity index (χ2v) is 8.49. The zero-order valence-corrected chi connectivity index (χ0v) is 19.7. The highest BCUT2D eigenvalue weighted by Crippen LogP contribution is 2.36. The van der Waals surface area contributed by atoms with Crippen molar-refractivity contribution in [3.05, 3.63) is 76.9 Å². The summed E-state index contributed by atoms with van der Waals surface area (Å²) in [5.74, 6) is -1.37. The van der Waals surface area contributed by atoms with Gasteiger partial charge in [0.2, 0.25) is 0 Å². The third-order valence-electron chi connectivity index (χ3n) is 5.89. The molecule has 0 radical (unpaired) electrons. The van der Waals surface area contributed by atoms with E-state index in [0.29, 0.717) is 24.7 Å². The van der Waals surface area contributed by atoms with Crippen LogP contribution in [0.25, 0.3) is 11.1 Å². The first-order valence-corrected chi connectivity index (χ1v) is 11.5. The molecule has 7 nitrogen and oxygen atoms in total. The van der Waals surface area contributed by atoms with Crippen LogP contribution in [0.4, 0.5) is 8.78 Å². The van der Waals surface area contributed by atoms with Crippen LogP contribution in [0, 0.1) is 18.6 Å². The lowest BCUT2D eigenvalue weighted by Crippen LogP contribution is -2.28. The lowest BCUT2D eigenvalue weighted by molar-refractivity contribution is -0.139. The molecule has 0 saturated heterocycles. The maximum atomic E-state index is 14.6. The average molecular weight is 500 g/mol. The van der Waals surface area contributed by atoms with Crippen molar-refractivity contribution in [1.82, 2.24) is 5.32 Å². The van der Waals surface area contributed by atoms with Crippen LogP contribution in [0.5, 0.6) is 17.2 Å². The molecule has 1 aliphatic rings. The van der Waals surface area contributed by atoms with Crippen LogP contribution < -0.4 is 19.5 Å². The molecule has 0 aliphatic carbocycles. The molecule has 0 fully saturated rings. The van der Waals surface area contributed by atoms with E-state index in [0.717, 1.165) is 34.4 Å². The molecule has 3 aromatic rings. The molecule has 3 aromatic carbocycles. The molecule has 4 rings (SSSR count). The largest absolute Gasteiger partial charge is 0.486 e. The quantitative estimate of drug-likeness (QED) is 0.384. The third kappa shape index (κ3) is 6.10. The van der Waals surface area contributed by atoms with Crippen LogP contribution in [-0.4, -0.2) is 42.0 Å². The predicted molar refractivity (Wildman–Crippen MR) is 128 cm³/mol. The van der Waals surface area contributed by atoms with Crippen molar-refractivity contribution in [3.63, 3.8) is 0 Å². The van der Waals surface area contributed by atoms with Crippen molar-refractivity contribution in [2.24, 2.45) is 0 Å². The Hall–Kier alpha value is -3.69. The van der Waals surface area contributed by atoms with E-state index in [9.17, 15) is 18.7 Å². The number of ether oxygens (including phenoxy) is 3. The summed E-state index contributed by atoms with van der Waals surface area (Å²) in [6, 6.07) is 13.5. The Morgan fingerprint density at radius 1 is 1.06 bits per heavy atom. The van der Waals surface area contributed by atoms with Gasteiger partial charge in [0.1, 0.15) is 25.6 Å². The van der Waals surface area contributed by atoms with Crippen LogP contribution in [0.15, 0.2) is 48.5 Å². The van der Waals surface area contributed by atoms with Gasteiger partial charge in [-0.1, -0.05) is 24.3 Å². The van der Waals surface area contributed by atoms with Crippen LogP contribution in [0.1, 0.15) is 23.1 Å².